The summed E-state index contributed by atoms with van der Waals surface area (Å²) in [6.07, 6.45) is 0. The number of nitrogens with zero attached hydrogens (tertiary/aromatic N) is 1. The van der Waals surface area contributed by atoms with Crippen LogP contribution in [0.25, 0.3) is 11.0 Å². The van der Waals surface area contributed by atoms with E-state index in [0.717, 1.165) is 11.1 Å². The van der Waals surface area contributed by atoms with Gasteiger partial charge in [-0.15, -0.1) is 0 Å². The van der Waals surface area contributed by atoms with E-state index in [1.54, 1.807) is 6.07 Å². The van der Waals surface area contributed by atoms with Gasteiger partial charge in [-0.1, -0.05) is 42.5 Å². The minimum absolute atomic E-state index is 0.393. The van der Waals surface area contributed by atoms with E-state index in [-0.39, 0.29) is 0 Å². The summed E-state index contributed by atoms with van der Waals surface area (Å²) in [5.74, 6) is 0. The number of benzene rings is 2. The average Bonchev–Trinajstić information content (AvgIpc) is 2.45. The molecule has 0 bridgehead atoms. The van der Waals surface area contributed by atoms with Gasteiger partial charge in [0.15, 0.2) is 0 Å². The van der Waals surface area contributed by atoms with Crippen molar-refractivity contribution in [2.75, 3.05) is 0 Å². The largest absolute Gasteiger partial charge is 0.317 e. The molecule has 3 aromatic rings. The van der Waals surface area contributed by atoms with E-state index in [1.165, 1.54) is 4.57 Å². The van der Waals surface area contributed by atoms with Crippen LogP contribution in [-0.2, 0) is 6.54 Å². The number of fused-ring (bicyclic) bond motifs is 1. The van der Waals surface area contributed by atoms with Gasteiger partial charge in [0, 0.05) is 0 Å². The zero-order chi connectivity index (χ0) is 13.2. The van der Waals surface area contributed by atoms with Gasteiger partial charge in [0.1, 0.15) is 0 Å². The fraction of sp³-hybridized carbons (Fsp3) is 0.0667. The molecule has 2 aromatic carbocycles. The summed E-state index contributed by atoms with van der Waals surface area (Å²) in [5.41, 5.74) is 1.27. The fourth-order valence-electron chi connectivity index (χ4n) is 2.15. The smallest absolute Gasteiger partial charge is 0.316 e. The molecule has 0 saturated heterocycles. The second-order valence-electron chi connectivity index (χ2n) is 4.35. The monoisotopic (exact) mass is 252 g/mol. The summed E-state index contributed by atoms with van der Waals surface area (Å²) in [7, 11) is 0. The van der Waals surface area contributed by atoms with Gasteiger partial charge in [-0.2, -0.15) is 0 Å². The van der Waals surface area contributed by atoms with Gasteiger partial charge in [0.2, 0.25) is 0 Å². The Morgan fingerprint density at radius 3 is 2.37 bits per heavy atom. The van der Waals surface area contributed by atoms with E-state index < -0.39 is 11.1 Å². The van der Waals surface area contributed by atoms with Gasteiger partial charge >= 0.3 is 11.1 Å². The van der Waals surface area contributed by atoms with Crippen molar-refractivity contribution in [2.24, 2.45) is 0 Å². The second kappa shape index (κ2) is 4.57. The zero-order valence-electron chi connectivity index (χ0n) is 10.2. The maximum absolute atomic E-state index is 12.0. The van der Waals surface area contributed by atoms with Crippen LogP contribution in [0.5, 0.6) is 0 Å². The van der Waals surface area contributed by atoms with Crippen molar-refractivity contribution in [2.45, 2.75) is 6.54 Å². The lowest BCUT2D eigenvalue weighted by Gasteiger charge is -2.09. The molecule has 0 aliphatic heterocycles. The lowest BCUT2D eigenvalue weighted by molar-refractivity contribution is 0.776. The number of rotatable bonds is 2. The maximum Gasteiger partial charge on any atom is 0.317 e. The highest BCUT2D eigenvalue weighted by Gasteiger charge is 2.07. The van der Waals surface area contributed by atoms with Crippen LogP contribution in [0.15, 0.2) is 64.2 Å². The lowest BCUT2D eigenvalue weighted by atomic mass is 10.2. The fourth-order valence-corrected chi connectivity index (χ4v) is 2.15. The third-order valence-corrected chi connectivity index (χ3v) is 3.07. The highest BCUT2D eigenvalue weighted by molar-refractivity contribution is 5.74. The van der Waals surface area contributed by atoms with Crippen molar-refractivity contribution >= 4 is 11.0 Å². The molecule has 3 rings (SSSR count). The molecule has 1 heterocycles. The first-order chi connectivity index (χ1) is 9.25. The number of aromatic nitrogens is 2. The Kier molecular flexibility index (Phi) is 2.76. The topological polar surface area (TPSA) is 54.9 Å². The van der Waals surface area contributed by atoms with Gasteiger partial charge in [0.25, 0.3) is 0 Å². The summed E-state index contributed by atoms with van der Waals surface area (Å²) >= 11 is 0. The second-order valence-corrected chi connectivity index (χ2v) is 4.35. The highest BCUT2D eigenvalue weighted by Crippen LogP contribution is 2.09. The Bertz CT molecular complexity index is 832. The third-order valence-electron chi connectivity index (χ3n) is 3.07. The van der Waals surface area contributed by atoms with Gasteiger partial charge in [-0.25, -0.2) is 0 Å². The van der Waals surface area contributed by atoms with Gasteiger partial charge < -0.3 is 4.98 Å². The molecule has 0 amide bonds. The van der Waals surface area contributed by atoms with Crippen LogP contribution in [0.1, 0.15) is 5.56 Å². The van der Waals surface area contributed by atoms with Gasteiger partial charge in [-0.05, 0) is 17.7 Å². The first-order valence-electron chi connectivity index (χ1n) is 6.01. The van der Waals surface area contributed by atoms with Crippen molar-refractivity contribution in [3.05, 3.63) is 80.9 Å². The normalized spacial score (nSPS) is 10.7. The molecule has 0 saturated carbocycles. The number of para-hydroxylation sites is 2. The van der Waals surface area contributed by atoms with Crippen LogP contribution in [0, 0.1) is 0 Å². The van der Waals surface area contributed by atoms with E-state index in [9.17, 15) is 9.59 Å². The van der Waals surface area contributed by atoms with E-state index >= 15 is 0 Å². The molecule has 94 valence electrons. The number of hydrogen-bond acceptors (Lipinski definition) is 2. The Balaban J connectivity index is 2.25. The summed E-state index contributed by atoms with van der Waals surface area (Å²) in [5, 5.41) is 0. The molecular weight excluding hydrogens is 240 g/mol. The molecule has 0 atom stereocenters. The molecule has 0 radical (unpaired) electrons. The lowest BCUT2D eigenvalue weighted by Crippen LogP contribution is -2.36. The molecule has 1 aromatic heterocycles. The maximum atomic E-state index is 12.0. The summed E-state index contributed by atoms with van der Waals surface area (Å²) in [6, 6.07) is 16.9. The standard InChI is InChI=1S/C15H12N2O2/c18-14-15(19)17(10-11-6-2-1-3-7-11)13-9-5-4-8-12(13)16-14/h1-9H,10H2,(H,16,18). The molecule has 0 fully saturated rings. The quantitative estimate of drug-likeness (QED) is 0.706. The highest BCUT2D eigenvalue weighted by atomic mass is 16.2. The Labute approximate surface area is 109 Å². The van der Waals surface area contributed by atoms with Crippen LogP contribution in [0.2, 0.25) is 0 Å². The Hall–Kier alpha value is -2.62. The van der Waals surface area contributed by atoms with Crippen LogP contribution < -0.4 is 11.1 Å². The van der Waals surface area contributed by atoms with Crippen molar-refractivity contribution in [3.8, 4) is 0 Å². The molecule has 0 aliphatic rings. The van der Waals surface area contributed by atoms with E-state index in [4.69, 9.17) is 0 Å². The number of nitrogens with one attached hydrogen (secondary N) is 1. The van der Waals surface area contributed by atoms with Crippen molar-refractivity contribution in [1.29, 1.82) is 0 Å². The van der Waals surface area contributed by atoms with Crippen molar-refractivity contribution in [1.82, 2.24) is 9.55 Å². The zero-order valence-corrected chi connectivity index (χ0v) is 10.2. The summed E-state index contributed by atoms with van der Waals surface area (Å²) in [6.45, 7) is 0.393. The first-order valence-corrected chi connectivity index (χ1v) is 6.01. The minimum atomic E-state index is -0.588. The van der Waals surface area contributed by atoms with Crippen LogP contribution in [-0.4, -0.2) is 9.55 Å². The average molecular weight is 252 g/mol. The Morgan fingerprint density at radius 1 is 0.895 bits per heavy atom. The van der Waals surface area contributed by atoms with Crippen LogP contribution in [0.3, 0.4) is 0 Å². The summed E-state index contributed by atoms with van der Waals surface area (Å²) in [4.78, 5) is 26.3. The molecule has 4 heteroatoms. The minimum Gasteiger partial charge on any atom is -0.316 e. The third kappa shape index (κ3) is 2.08. The van der Waals surface area contributed by atoms with E-state index in [2.05, 4.69) is 4.98 Å². The first kappa shape index (κ1) is 11.5. The Morgan fingerprint density at radius 2 is 1.58 bits per heavy atom. The number of aromatic amines is 1. The molecule has 19 heavy (non-hydrogen) atoms. The molecule has 0 unspecified atom stereocenters. The molecule has 4 nitrogen and oxygen atoms in total. The molecule has 0 spiro atoms. The molecule has 1 N–H and O–H groups in total. The van der Waals surface area contributed by atoms with Crippen LogP contribution in [0.4, 0.5) is 0 Å². The van der Waals surface area contributed by atoms with Crippen molar-refractivity contribution in [3.63, 3.8) is 0 Å². The number of hydrogen-bond donors (Lipinski definition) is 1. The predicted molar refractivity (Wildman–Crippen MR) is 74.4 cm³/mol. The van der Waals surface area contributed by atoms with Crippen molar-refractivity contribution < 1.29 is 0 Å². The van der Waals surface area contributed by atoms with Gasteiger partial charge in [-0.3, -0.25) is 14.2 Å². The van der Waals surface area contributed by atoms with E-state index in [0.29, 0.717) is 12.1 Å². The summed E-state index contributed by atoms with van der Waals surface area (Å²) < 4.78 is 1.50. The number of H-pyrrole nitrogens is 1. The molecular formula is C15H12N2O2. The van der Waals surface area contributed by atoms with Crippen LogP contribution >= 0.6 is 0 Å². The van der Waals surface area contributed by atoms with Gasteiger partial charge in [0.05, 0.1) is 17.6 Å². The molecule has 0 aliphatic carbocycles. The van der Waals surface area contributed by atoms with E-state index in [1.807, 2.05) is 48.5 Å². The predicted octanol–water partition coefficient (Wildman–Crippen LogP) is 1.74. The SMILES string of the molecule is O=c1[nH]c2ccccc2n(Cc2ccccc2)c1=O.